The molecular formula is C15H16ClFN2O. The molecule has 0 saturated heterocycles. The predicted octanol–water partition coefficient (Wildman–Crippen LogP) is 3.60. The summed E-state index contributed by atoms with van der Waals surface area (Å²) in [4.78, 5) is 0. The van der Waals surface area contributed by atoms with Gasteiger partial charge < -0.3 is 15.8 Å². The van der Waals surface area contributed by atoms with E-state index >= 15 is 0 Å². The number of hydrogen-bond acceptors (Lipinski definition) is 3. The molecule has 2 aromatic carbocycles. The van der Waals surface area contributed by atoms with Crippen LogP contribution in [0.4, 0.5) is 10.1 Å². The van der Waals surface area contributed by atoms with Gasteiger partial charge in [-0.05, 0) is 42.0 Å². The number of halogens is 2. The summed E-state index contributed by atoms with van der Waals surface area (Å²) in [5.41, 5.74) is 7.44. The number of methoxy groups -OCH3 is 1. The molecule has 0 amide bonds. The molecule has 0 spiro atoms. The van der Waals surface area contributed by atoms with E-state index in [1.54, 1.807) is 13.2 Å². The SMILES string of the molecule is COc1ccc(NC(CN)c2ccc(F)cc2Cl)cc1. The van der Waals surface area contributed by atoms with E-state index in [1.165, 1.54) is 12.1 Å². The van der Waals surface area contributed by atoms with Crippen LogP contribution in [0.2, 0.25) is 5.02 Å². The number of rotatable bonds is 5. The maximum absolute atomic E-state index is 13.1. The van der Waals surface area contributed by atoms with Crippen molar-refractivity contribution in [1.29, 1.82) is 0 Å². The zero-order valence-electron chi connectivity index (χ0n) is 11.1. The van der Waals surface area contributed by atoms with Gasteiger partial charge in [-0.25, -0.2) is 4.39 Å². The maximum Gasteiger partial charge on any atom is 0.124 e. The third kappa shape index (κ3) is 3.40. The monoisotopic (exact) mass is 294 g/mol. The van der Waals surface area contributed by atoms with Gasteiger partial charge in [0, 0.05) is 17.3 Å². The number of benzene rings is 2. The van der Waals surface area contributed by atoms with Gasteiger partial charge in [0.2, 0.25) is 0 Å². The summed E-state index contributed by atoms with van der Waals surface area (Å²) in [7, 11) is 1.61. The van der Waals surface area contributed by atoms with Gasteiger partial charge in [0.1, 0.15) is 11.6 Å². The summed E-state index contributed by atoms with van der Waals surface area (Å²) in [5, 5.41) is 3.63. The van der Waals surface area contributed by atoms with E-state index in [4.69, 9.17) is 22.1 Å². The van der Waals surface area contributed by atoms with E-state index in [1.807, 2.05) is 24.3 Å². The van der Waals surface area contributed by atoms with Crippen molar-refractivity contribution in [3.63, 3.8) is 0 Å². The Morgan fingerprint density at radius 3 is 2.50 bits per heavy atom. The molecule has 2 rings (SSSR count). The van der Waals surface area contributed by atoms with Crippen LogP contribution >= 0.6 is 11.6 Å². The minimum atomic E-state index is -0.362. The summed E-state index contributed by atoms with van der Waals surface area (Å²) >= 11 is 6.06. The fraction of sp³-hybridized carbons (Fsp3) is 0.200. The molecule has 3 N–H and O–H groups in total. The van der Waals surface area contributed by atoms with Crippen LogP contribution in [-0.4, -0.2) is 13.7 Å². The lowest BCUT2D eigenvalue weighted by molar-refractivity contribution is 0.415. The largest absolute Gasteiger partial charge is 0.497 e. The summed E-state index contributed by atoms with van der Waals surface area (Å²) in [6.45, 7) is 0.345. The van der Waals surface area contributed by atoms with Gasteiger partial charge in [-0.2, -0.15) is 0 Å². The van der Waals surface area contributed by atoms with Crippen molar-refractivity contribution in [3.05, 3.63) is 58.9 Å². The Hall–Kier alpha value is -1.78. The standard InChI is InChI=1S/C15H16ClFN2O/c1-20-12-5-3-11(4-6-12)19-15(9-18)13-7-2-10(17)8-14(13)16/h2-8,15,19H,9,18H2,1H3. The zero-order valence-corrected chi connectivity index (χ0v) is 11.8. The van der Waals surface area contributed by atoms with Crippen molar-refractivity contribution in [2.45, 2.75) is 6.04 Å². The molecule has 1 unspecified atom stereocenters. The molecule has 3 nitrogen and oxygen atoms in total. The number of ether oxygens (including phenoxy) is 1. The molecule has 20 heavy (non-hydrogen) atoms. The summed E-state index contributed by atoms with van der Waals surface area (Å²) in [5.74, 6) is 0.415. The Bertz CT molecular complexity index is 575. The first-order valence-electron chi connectivity index (χ1n) is 6.19. The molecule has 2 aromatic rings. The van der Waals surface area contributed by atoms with Gasteiger partial charge in [0.15, 0.2) is 0 Å². The second-order valence-corrected chi connectivity index (χ2v) is 4.73. The highest BCUT2D eigenvalue weighted by Crippen LogP contribution is 2.27. The minimum Gasteiger partial charge on any atom is -0.497 e. The first kappa shape index (κ1) is 14.6. The Kier molecular flexibility index (Phi) is 4.82. The van der Waals surface area contributed by atoms with Crippen LogP contribution in [0.25, 0.3) is 0 Å². The van der Waals surface area contributed by atoms with Crippen LogP contribution < -0.4 is 15.8 Å². The third-order valence-electron chi connectivity index (χ3n) is 3.00. The van der Waals surface area contributed by atoms with Crippen LogP contribution in [-0.2, 0) is 0 Å². The first-order chi connectivity index (χ1) is 9.63. The molecule has 0 fully saturated rings. The summed E-state index contributed by atoms with van der Waals surface area (Å²) < 4.78 is 18.2. The molecule has 0 radical (unpaired) electrons. The van der Waals surface area contributed by atoms with Crippen LogP contribution in [0.1, 0.15) is 11.6 Å². The number of nitrogens with one attached hydrogen (secondary N) is 1. The van der Waals surface area contributed by atoms with Crippen LogP contribution in [0.15, 0.2) is 42.5 Å². The fourth-order valence-corrected chi connectivity index (χ4v) is 2.24. The van der Waals surface area contributed by atoms with Crippen molar-refractivity contribution in [2.75, 3.05) is 19.0 Å². The second-order valence-electron chi connectivity index (χ2n) is 4.33. The zero-order chi connectivity index (χ0) is 14.5. The molecule has 0 heterocycles. The number of hydrogen-bond donors (Lipinski definition) is 2. The predicted molar refractivity (Wildman–Crippen MR) is 79.8 cm³/mol. The fourth-order valence-electron chi connectivity index (χ4n) is 1.94. The van der Waals surface area contributed by atoms with E-state index in [9.17, 15) is 4.39 Å². The minimum absolute atomic E-state index is 0.184. The molecule has 1 atom stereocenters. The lowest BCUT2D eigenvalue weighted by atomic mass is 10.1. The highest BCUT2D eigenvalue weighted by atomic mass is 35.5. The van der Waals surface area contributed by atoms with Crippen molar-refractivity contribution in [1.82, 2.24) is 0 Å². The summed E-state index contributed by atoms with van der Waals surface area (Å²) in [6.07, 6.45) is 0. The van der Waals surface area contributed by atoms with E-state index < -0.39 is 0 Å². The van der Waals surface area contributed by atoms with Crippen molar-refractivity contribution >= 4 is 17.3 Å². The van der Waals surface area contributed by atoms with Gasteiger partial charge in [-0.1, -0.05) is 17.7 Å². The van der Waals surface area contributed by atoms with E-state index in [-0.39, 0.29) is 11.9 Å². The second kappa shape index (κ2) is 6.59. The smallest absolute Gasteiger partial charge is 0.124 e. The number of anilines is 1. The normalized spacial score (nSPS) is 12.0. The highest BCUT2D eigenvalue weighted by molar-refractivity contribution is 6.31. The van der Waals surface area contributed by atoms with Crippen LogP contribution in [0, 0.1) is 5.82 Å². The van der Waals surface area contributed by atoms with Crippen molar-refractivity contribution in [2.24, 2.45) is 5.73 Å². The first-order valence-corrected chi connectivity index (χ1v) is 6.57. The molecule has 0 aliphatic heterocycles. The van der Waals surface area contributed by atoms with Crippen LogP contribution in [0.3, 0.4) is 0 Å². The Morgan fingerprint density at radius 2 is 1.95 bits per heavy atom. The molecule has 0 aromatic heterocycles. The van der Waals surface area contributed by atoms with E-state index in [0.29, 0.717) is 11.6 Å². The Balaban J connectivity index is 2.19. The molecule has 5 heteroatoms. The molecule has 0 aliphatic carbocycles. The average Bonchev–Trinajstić information content (AvgIpc) is 2.46. The van der Waals surface area contributed by atoms with Crippen molar-refractivity contribution in [3.8, 4) is 5.75 Å². The molecule has 106 valence electrons. The highest BCUT2D eigenvalue weighted by Gasteiger charge is 2.13. The number of nitrogens with two attached hydrogens (primary N) is 1. The Labute approximate surface area is 122 Å². The van der Waals surface area contributed by atoms with E-state index in [0.717, 1.165) is 17.0 Å². The van der Waals surface area contributed by atoms with Crippen molar-refractivity contribution < 1.29 is 9.13 Å². The van der Waals surface area contributed by atoms with Gasteiger partial charge in [0.25, 0.3) is 0 Å². The summed E-state index contributed by atoms with van der Waals surface area (Å²) in [6, 6.07) is 11.6. The molecule has 0 bridgehead atoms. The lowest BCUT2D eigenvalue weighted by Crippen LogP contribution is -2.21. The topological polar surface area (TPSA) is 47.3 Å². The van der Waals surface area contributed by atoms with E-state index in [2.05, 4.69) is 5.32 Å². The molecular weight excluding hydrogens is 279 g/mol. The van der Waals surface area contributed by atoms with Gasteiger partial charge >= 0.3 is 0 Å². The maximum atomic E-state index is 13.1. The molecule has 0 saturated carbocycles. The third-order valence-corrected chi connectivity index (χ3v) is 3.33. The van der Waals surface area contributed by atoms with Gasteiger partial charge in [-0.3, -0.25) is 0 Å². The van der Waals surface area contributed by atoms with Gasteiger partial charge in [-0.15, -0.1) is 0 Å². The Morgan fingerprint density at radius 1 is 1.25 bits per heavy atom. The lowest BCUT2D eigenvalue weighted by Gasteiger charge is -2.20. The van der Waals surface area contributed by atoms with Crippen LogP contribution in [0.5, 0.6) is 5.75 Å². The molecule has 0 aliphatic rings. The van der Waals surface area contributed by atoms with Gasteiger partial charge in [0.05, 0.1) is 13.2 Å². The average molecular weight is 295 g/mol. The quantitative estimate of drug-likeness (QED) is 0.886.